The zero-order valence-corrected chi connectivity index (χ0v) is 20.9. The summed E-state index contributed by atoms with van der Waals surface area (Å²) in [4.78, 5) is 39.4. The number of nitrogens with one attached hydrogen (secondary N) is 1. The largest absolute Gasteiger partial charge is 0.322 e. The van der Waals surface area contributed by atoms with Gasteiger partial charge in [-0.1, -0.05) is 35.3 Å². The smallest absolute Gasteiger partial charge is 0.278 e. The molecule has 0 aliphatic heterocycles. The number of rotatable bonds is 5. The lowest BCUT2D eigenvalue weighted by molar-refractivity contribution is 0.102. The first-order valence-corrected chi connectivity index (χ1v) is 11.4. The monoisotopic (exact) mass is 537 g/mol. The molecule has 0 fully saturated rings. The van der Waals surface area contributed by atoms with Crippen LogP contribution in [-0.2, 0) is 6.42 Å². The number of amides is 1. The highest BCUT2D eigenvalue weighted by Gasteiger charge is 2.15. The molecule has 1 amide bonds. The zero-order chi connectivity index (χ0) is 24.4. The Hall–Kier alpha value is -3.78. The third-order valence-electron chi connectivity index (χ3n) is 5.26. The lowest BCUT2D eigenvalue weighted by Gasteiger charge is -2.13. The molecule has 0 bridgehead atoms. The molecular formula is C26H18Cl3N5O2. The third kappa shape index (κ3) is 5.39. The second-order valence-electron chi connectivity index (χ2n) is 7.75. The maximum absolute atomic E-state index is 13.5. The van der Waals surface area contributed by atoms with E-state index in [0.717, 1.165) is 5.56 Å². The van der Waals surface area contributed by atoms with Crippen molar-refractivity contribution < 1.29 is 4.79 Å². The Balaban J connectivity index is 0.00000304. The topological polar surface area (TPSA) is 89.8 Å². The number of aromatic nitrogens is 4. The average Bonchev–Trinajstić information content (AvgIpc) is 2.85. The maximum atomic E-state index is 13.5. The number of halogens is 3. The van der Waals surface area contributed by atoms with E-state index in [-0.39, 0.29) is 23.9 Å². The van der Waals surface area contributed by atoms with E-state index in [4.69, 9.17) is 23.2 Å². The Morgan fingerprint density at radius 2 is 1.72 bits per heavy atom. The number of carbonyl (C=O) groups is 1. The summed E-state index contributed by atoms with van der Waals surface area (Å²) in [5.41, 5.74) is 3.27. The summed E-state index contributed by atoms with van der Waals surface area (Å²) in [7, 11) is 0. The summed E-state index contributed by atoms with van der Waals surface area (Å²) >= 11 is 12.1. The molecule has 3 heterocycles. The van der Waals surface area contributed by atoms with Crippen LogP contribution in [0, 0.1) is 0 Å². The number of carbonyl (C=O) groups excluding carboxylic acids is 1. The van der Waals surface area contributed by atoms with Crippen LogP contribution < -0.4 is 10.9 Å². The van der Waals surface area contributed by atoms with Crippen LogP contribution in [0.25, 0.3) is 16.9 Å². The highest BCUT2D eigenvalue weighted by Crippen LogP contribution is 2.22. The Bertz CT molecular complexity index is 1600. The highest BCUT2D eigenvalue weighted by atomic mass is 35.5. The molecule has 2 aromatic carbocycles. The second kappa shape index (κ2) is 10.9. The first-order valence-electron chi connectivity index (χ1n) is 10.6. The summed E-state index contributed by atoms with van der Waals surface area (Å²) in [6.07, 6.45) is 5.31. The van der Waals surface area contributed by atoms with Crippen molar-refractivity contribution >= 4 is 58.4 Å². The second-order valence-corrected chi connectivity index (χ2v) is 8.62. The molecule has 0 unspecified atom stereocenters. The number of nitrogens with zero attached hydrogens (tertiary/aromatic N) is 4. The molecule has 0 atom stereocenters. The van der Waals surface area contributed by atoms with Gasteiger partial charge in [0, 0.05) is 46.3 Å². The van der Waals surface area contributed by atoms with Crippen molar-refractivity contribution in [3.8, 4) is 5.69 Å². The molecule has 5 rings (SSSR count). The van der Waals surface area contributed by atoms with E-state index in [0.29, 0.717) is 50.3 Å². The number of fused-ring (bicyclic) bond motifs is 1. The molecule has 36 heavy (non-hydrogen) atoms. The van der Waals surface area contributed by atoms with Gasteiger partial charge < -0.3 is 5.32 Å². The molecule has 5 aromatic rings. The Morgan fingerprint density at radius 3 is 2.47 bits per heavy atom. The fourth-order valence-electron chi connectivity index (χ4n) is 3.73. The minimum Gasteiger partial charge on any atom is -0.322 e. The molecule has 1 N–H and O–H groups in total. The van der Waals surface area contributed by atoms with Crippen LogP contribution >= 0.6 is 35.6 Å². The van der Waals surface area contributed by atoms with Gasteiger partial charge in [-0.05, 0) is 60.2 Å². The van der Waals surface area contributed by atoms with Crippen molar-refractivity contribution in [1.29, 1.82) is 0 Å². The molecule has 0 aliphatic carbocycles. The summed E-state index contributed by atoms with van der Waals surface area (Å²) in [6.45, 7) is 0. The van der Waals surface area contributed by atoms with Crippen molar-refractivity contribution in [2.45, 2.75) is 6.42 Å². The zero-order valence-electron chi connectivity index (χ0n) is 18.6. The van der Waals surface area contributed by atoms with Crippen LogP contribution in [0.3, 0.4) is 0 Å². The SMILES string of the molecule is Cl.O=C(Nc1cccc(-n2c(=O)c(Cc3cccnc3)nc3cccnc32)c1)c1cc(Cl)cc(Cl)c1. The first kappa shape index (κ1) is 25.3. The number of anilines is 1. The van der Waals surface area contributed by atoms with Gasteiger partial charge in [-0.3, -0.25) is 19.1 Å². The minimum atomic E-state index is -0.381. The molecule has 0 spiro atoms. The molecule has 7 nitrogen and oxygen atoms in total. The Morgan fingerprint density at radius 1 is 0.944 bits per heavy atom. The van der Waals surface area contributed by atoms with Crippen molar-refractivity contribution in [2.75, 3.05) is 5.32 Å². The van der Waals surface area contributed by atoms with Crippen LogP contribution in [-0.4, -0.2) is 25.4 Å². The van der Waals surface area contributed by atoms with E-state index in [1.807, 2.05) is 12.1 Å². The molecule has 0 radical (unpaired) electrons. The Labute approximate surface area is 222 Å². The summed E-state index contributed by atoms with van der Waals surface area (Å²) < 4.78 is 1.50. The van der Waals surface area contributed by atoms with Gasteiger partial charge in [0.1, 0.15) is 11.2 Å². The summed E-state index contributed by atoms with van der Waals surface area (Å²) in [6, 6.07) is 18.8. The minimum absolute atomic E-state index is 0. The summed E-state index contributed by atoms with van der Waals surface area (Å²) in [5, 5.41) is 3.55. The fraction of sp³-hybridized carbons (Fsp3) is 0.0385. The average molecular weight is 539 g/mol. The van der Waals surface area contributed by atoms with Crippen LogP contribution in [0.5, 0.6) is 0 Å². The van der Waals surface area contributed by atoms with E-state index >= 15 is 0 Å². The maximum Gasteiger partial charge on any atom is 0.278 e. The molecule has 0 aliphatic rings. The number of hydrogen-bond acceptors (Lipinski definition) is 5. The first-order chi connectivity index (χ1) is 17.0. The number of pyridine rings is 2. The van der Waals surface area contributed by atoms with Gasteiger partial charge in [-0.25, -0.2) is 9.97 Å². The standard InChI is InChI=1S/C26H17Cl2N5O2.ClH/c27-18-11-17(12-19(28)13-18)25(34)31-20-5-1-6-21(14-20)33-24-22(7-3-9-30-24)32-23(26(33)35)10-16-4-2-8-29-15-16;/h1-9,11-15H,10H2,(H,31,34);1H. The molecule has 0 saturated heterocycles. The normalized spacial score (nSPS) is 10.6. The highest BCUT2D eigenvalue weighted by molar-refractivity contribution is 6.35. The van der Waals surface area contributed by atoms with Gasteiger partial charge in [-0.15, -0.1) is 12.4 Å². The molecule has 3 aromatic heterocycles. The quantitative estimate of drug-likeness (QED) is 0.308. The van der Waals surface area contributed by atoms with Crippen molar-refractivity contribution in [2.24, 2.45) is 0 Å². The summed E-state index contributed by atoms with van der Waals surface area (Å²) in [5.74, 6) is -0.381. The molecular weight excluding hydrogens is 521 g/mol. The lowest BCUT2D eigenvalue weighted by atomic mass is 10.1. The van der Waals surface area contributed by atoms with E-state index in [1.54, 1.807) is 61.1 Å². The van der Waals surface area contributed by atoms with E-state index in [9.17, 15) is 9.59 Å². The van der Waals surface area contributed by atoms with Crippen molar-refractivity contribution in [3.05, 3.63) is 123 Å². The van der Waals surface area contributed by atoms with Gasteiger partial charge in [0.15, 0.2) is 5.65 Å². The van der Waals surface area contributed by atoms with Gasteiger partial charge >= 0.3 is 0 Å². The molecule has 180 valence electrons. The van der Waals surface area contributed by atoms with Crippen LogP contribution in [0.2, 0.25) is 10.0 Å². The van der Waals surface area contributed by atoms with Crippen LogP contribution in [0.15, 0.2) is 90.1 Å². The Kier molecular flexibility index (Phi) is 7.64. The lowest BCUT2D eigenvalue weighted by Crippen LogP contribution is -2.25. The predicted octanol–water partition coefficient (Wildman–Crippen LogP) is 5.75. The van der Waals surface area contributed by atoms with Crippen LogP contribution in [0.1, 0.15) is 21.6 Å². The van der Waals surface area contributed by atoms with Crippen LogP contribution in [0.4, 0.5) is 5.69 Å². The van der Waals surface area contributed by atoms with Gasteiger partial charge in [0.25, 0.3) is 11.5 Å². The van der Waals surface area contributed by atoms with Gasteiger partial charge in [0.2, 0.25) is 0 Å². The van der Waals surface area contributed by atoms with E-state index in [2.05, 4.69) is 20.3 Å². The predicted molar refractivity (Wildman–Crippen MR) is 144 cm³/mol. The van der Waals surface area contributed by atoms with Gasteiger partial charge in [-0.2, -0.15) is 0 Å². The van der Waals surface area contributed by atoms with Crippen molar-refractivity contribution in [1.82, 2.24) is 19.5 Å². The number of hydrogen-bond donors (Lipinski definition) is 1. The van der Waals surface area contributed by atoms with E-state index < -0.39 is 0 Å². The number of benzene rings is 2. The fourth-order valence-corrected chi connectivity index (χ4v) is 4.25. The van der Waals surface area contributed by atoms with E-state index in [1.165, 1.54) is 16.7 Å². The van der Waals surface area contributed by atoms with Crippen molar-refractivity contribution in [3.63, 3.8) is 0 Å². The third-order valence-corrected chi connectivity index (χ3v) is 5.70. The van der Waals surface area contributed by atoms with Gasteiger partial charge in [0.05, 0.1) is 5.69 Å². The molecule has 10 heteroatoms. The molecule has 0 saturated carbocycles.